The first-order valence-electron chi connectivity index (χ1n) is 5.35. The first-order chi connectivity index (χ1) is 8.13. The summed E-state index contributed by atoms with van der Waals surface area (Å²) in [5, 5.41) is 10.7. The first kappa shape index (κ1) is 11.4. The van der Waals surface area contributed by atoms with Crippen LogP contribution in [0.4, 0.5) is 16.2 Å². The van der Waals surface area contributed by atoms with Gasteiger partial charge < -0.3 is 4.74 Å². The number of anilines is 1. The molecule has 90 valence electrons. The van der Waals surface area contributed by atoms with Crippen LogP contribution in [0.2, 0.25) is 0 Å². The van der Waals surface area contributed by atoms with Gasteiger partial charge >= 0.3 is 6.09 Å². The molecule has 0 unspecified atom stereocenters. The second kappa shape index (κ2) is 4.40. The maximum absolute atomic E-state index is 11.6. The topological polar surface area (TPSA) is 72.7 Å². The van der Waals surface area contributed by atoms with E-state index in [0.717, 1.165) is 5.56 Å². The van der Waals surface area contributed by atoms with Gasteiger partial charge in [0, 0.05) is 25.1 Å². The summed E-state index contributed by atoms with van der Waals surface area (Å²) in [4.78, 5) is 23.3. The number of non-ortho nitro benzene ring substituents is 1. The van der Waals surface area contributed by atoms with E-state index in [-0.39, 0.29) is 12.3 Å². The third kappa shape index (κ3) is 2.06. The summed E-state index contributed by atoms with van der Waals surface area (Å²) in [6, 6.07) is 4.50. The molecule has 0 saturated carbocycles. The molecule has 2 rings (SSSR count). The van der Waals surface area contributed by atoms with Gasteiger partial charge in [0.15, 0.2) is 0 Å². The number of hydrogen-bond donors (Lipinski definition) is 0. The van der Waals surface area contributed by atoms with Crippen molar-refractivity contribution < 1.29 is 14.5 Å². The molecule has 0 N–H and O–H groups in total. The number of nitro benzene ring substituents is 1. The number of rotatable bonds is 2. The quantitative estimate of drug-likeness (QED) is 0.582. The van der Waals surface area contributed by atoms with Crippen LogP contribution in [0.25, 0.3) is 0 Å². The smallest absolute Gasteiger partial charge is 0.414 e. The van der Waals surface area contributed by atoms with Crippen LogP contribution in [0.3, 0.4) is 0 Å². The van der Waals surface area contributed by atoms with E-state index in [1.54, 1.807) is 6.07 Å². The molecule has 6 nitrogen and oxygen atoms in total. The average molecular weight is 236 g/mol. The van der Waals surface area contributed by atoms with Crippen LogP contribution >= 0.6 is 0 Å². The lowest BCUT2D eigenvalue weighted by atomic mass is 10.1. The maximum atomic E-state index is 11.6. The molecule has 0 spiro atoms. The molecule has 0 aliphatic carbocycles. The molecule has 1 heterocycles. The Labute approximate surface area is 97.9 Å². The molecule has 1 aromatic carbocycles. The van der Waals surface area contributed by atoms with Gasteiger partial charge in [-0.1, -0.05) is 0 Å². The Balaban J connectivity index is 2.47. The SMILES string of the molecule is CCN1C(=O)OCCc2cc([N+](=O)[O-])ccc21. The van der Waals surface area contributed by atoms with E-state index in [9.17, 15) is 14.9 Å². The molecule has 17 heavy (non-hydrogen) atoms. The summed E-state index contributed by atoms with van der Waals surface area (Å²) < 4.78 is 5.01. The minimum Gasteiger partial charge on any atom is -0.449 e. The van der Waals surface area contributed by atoms with E-state index in [2.05, 4.69) is 0 Å². The van der Waals surface area contributed by atoms with E-state index >= 15 is 0 Å². The van der Waals surface area contributed by atoms with Gasteiger partial charge in [-0.15, -0.1) is 0 Å². The van der Waals surface area contributed by atoms with Gasteiger partial charge in [0.05, 0.1) is 17.2 Å². The lowest BCUT2D eigenvalue weighted by Crippen LogP contribution is -2.30. The summed E-state index contributed by atoms with van der Waals surface area (Å²) in [7, 11) is 0. The van der Waals surface area contributed by atoms with E-state index in [1.165, 1.54) is 17.0 Å². The number of carbonyl (C=O) groups excluding carboxylic acids is 1. The molecule has 0 aromatic heterocycles. The van der Waals surface area contributed by atoms with Crippen LogP contribution in [0.1, 0.15) is 12.5 Å². The second-order valence-electron chi connectivity index (χ2n) is 3.68. The van der Waals surface area contributed by atoms with E-state index in [0.29, 0.717) is 18.7 Å². The lowest BCUT2D eigenvalue weighted by molar-refractivity contribution is -0.384. The highest BCUT2D eigenvalue weighted by Gasteiger charge is 2.23. The predicted octanol–water partition coefficient (Wildman–Crippen LogP) is 2.11. The Hall–Kier alpha value is -2.11. The van der Waals surface area contributed by atoms with Crippen LogP contribution in [0.5, 0.6) is 0 Å². The Morgan fingerprint density at radius 1 is 1.53 bits per heavy atom. The van der Waals surface area contributed by atoms with Crippen molar-refractivity contribution in [2.75, 3.05) is 18.1 Å². The number of amides is 1. The summed E-state index contributed by atoms with van der Waals surface area (Å²) in [6.07, 6.45) is 0.0966. The Kier molecular flexibility index (Phi) is 2.95. The molecular formula is C11H12N2O4. The summed E-state index contributed by atoms with van der Waals surface area (Å²) in [6.45, 7) is 2.56. The highest BCUT2D eigenvalue weighted by molar-refractivity contribution is 5.89. The molecule has 0 saturated heterocycles. The van der Waals surface area contributed by atoms with Gasteiger partial charge in [0.1, 0.15) is 0 Å². The second-order valence-corrected chi connectivity index (χ2v) is 3.68. The lowest BCUT2D eigenvalue weighted by Gasteiger charge is -2.19. The summed E-state index contributed by atoms with van der Waals surface area (Å²) in [5.74, 6) is 0. The number of nitro groups is 1. The van der Waals surface area contributed by atoms with Crippen molar-refractivity contribution >= 4 is 17.5 Å². The number of benzene rings is 1. The summed E-state index contributed by atoms with van der Waals surface area (Å²) >= 11 is 0. The van der Waals surface area contributed by atoms with Gasteiger partial charge in [-0.05, 0) is 18.6 Å². The van der Waals surface area contributed by atoms with Crippen molar-refractivity contribution in [2.45, 2.75) is 13.3 Å². The van der Waals surface area contributed by atoms with Crippen molar-refractivity contribution in [1.82, 2.24) is 0 Å². The minimum absolute atomic E-state index is 0.0363. The van der Waals surface area contributed by atoms with Gasteiger partial charge in [-0.2, -0.15) is 0 Å². The highest BCUT2D eigenvalue weighted by atomic mass is 16.6. The molecule has 0 fully saturated rings. The zero-order chi connectivity index (χ0) is 12.4. The monoisotopic (exact) mass is 236 g/mol. The molecular weight excluding hydrogens is 224 g/mol. The van der Waals surface area contributed by atoms with Crippen LogP contribution in [-0.2, 0) is 11.2 Å². The fraction of sp³-hybridized carbons (Fsp3) is 0.364. The molecule has 0 radical (unpaired) electrons. The first-order valence-corrected chi connectivity index (χ1v) is 5.35. The van der Waals surface area contributed by atoms with E-state index in [4.69, 9.17) is 4.74 Å². The third-order valence-corrected chi connectivity index (χ3v) is 2.70. The van der Waals surface area contributed by atoms with Gasteiger partial charge in [0.25, 0.3) is 5.69 Å². The summed E-state index contributed by atoms with van der Waals surface area (Å²) in [5.41, 5.74) is 1.50. The van der Waals surface area contributed by atoms with Crippen LogP contribution in [0.15, 0.2) is 18.2 Å². The number of carbonyl (C=O) groups is 1. The number of ether oxygens (including phenoxy) is 1. The molecule has 1 aliphatic heterocycles. The van der Waals surface area contributed by atoms with Crippen LogP contribution in [0, 0.1) is 10.1 Å². The fourth-order valence-electron chi connectivity index (χ4n) is 1.87. The minimum atomic E-state index is -0.440. The number of hydrogen-bond acceptors (Lipinski definition) is 4. The van der Waals surface area contributed by atoms with Gasteiger partial charge in [-0.25, -0.2) is 4.79 Å². The van der Waals surface area contributed by atoms with Crippen molar-refractivity contribution in [3.8, 4) is 0 Å². The third-order valence-electron chi connectivity index (χ3n) is 2.70. The van der Waals surface area contributed by atoms with E-state index in [1.807, 2.05) is 6.92 Å². The normalized spacial score (nSPS) is 14.9. The number of nitrogens with zero attached hydrogens (tertiary/aromatic N) is 2. The number of cyclic esters (lactones) is 1. The van der Waals surface area contributed by atoms with Crippen LogP contribution in [-0.4, -0.2) is 24.2 Å². The highest BCUT2D eigenvalue weighted by Crippen LogP contribution is 2.28. The molecule has 1 aliphatic rings. The predicted molar refractivity (Wildman–Crippen MR) is 61.2 cm³/mol. The van der Waals surface area contributed by atoms with Crippen molar-refractivity contribution in [3.63, 3.8) is 0 Å². The number of fused-ring (bicyclic) bond motifs is 1. The van der Waals surface area contributed by atoms with E-state index < -0.39 is 11.0 Å². The van der Waals surface area contributed by atoms with Gasteiger partial charge in [0.2, 0.25) is 0 Å². The Bertz CT molecular complexity index is 473. The molecule has 6 heteroatoms. The fourth-order valence-corrected chi connectivity index (χ4v) is 1.87. The zero-order valence-corrected chi connectivity index (χ0v) is 9.38. The Morgan fingerprint density at radius 2 is 2.29 bits per heavy atom. The van der Waals surface area contributed by atoms with Crippen molar-refractivity contribution in [1.29, 1.82) is 0 Å². The van der Waals surface area contributed by atoms with Gasteiger partial charge in [-0.3, -0.25) is 15.0 Å². The molecule has 1 amide bonds. The largest absolute Gasteiger partial charge is 0.449 e. The average Bonchev–Trinajstić information content (AvgIpc) is 2.46. The Morgan fingerprint density at radius 3 is 2.94 bits per heavy atom. The van der Waals surface area contributed by atoms with Crippen molar-refractivity contribution in [3.05, 3.63) is 33.9 Å². The zero-order valence-electron chi connectivity index (χ0n) is 9.38. The molecule has 0 bridgehead atoms. The standard InChI is InChI=1S/C11H12N2O4/c1-2-12-10-4-3-9(13(15)16)7-8(10)5-6-17-11(12)14/h3-4,7H,2,5-6H2,1H3. The van der Waals surface area contributed by atoms with Crippen LogP contribution < -0.4 is 4.90 Å². The molecule has 1 aromatic rings. The maximum Gasteiger partial charge on any atom is 0.414 e. The molecule has 0 atom stereocenters. The van der Waals surface area contributed by atoms with Crippen molar-refractivity contribution in [2.24, 2.45) is 0 Å².